The molecule has 1 rings (SSSR count). The molecule has 1 aromatic heterocycles. The van der Waals surface area contributed by atoms with Crippen molar-refractivity contribution in [1.29, 1.82) is 0 Å². The third-order valence-corrected chi connectivity index (χ3v) is 2.06. The van der Waals surface area contributed by atoms with Gasteiger partial charge in [-0.2, -0.15) is 0 Å². The van der Waals surface area contributed by atoms with Crippen LogP contribution < -0.4 is 5.32 Å². The summed E-state index contributed by atoms with van der Waals surface area (Å²) in [6.45, 7) is 0.679. The van der Waals surface area contributed by atoms with Crippen molar-refractivity contribution in [3.8, 4) is 0 Å². The number of halogens is 1. The summed E-state index contributed by atoms with van der Waals surface area (Å²) >= 11 is 5.72. The van der Waals surface area contributed by atoms with Gasteiger partial charge < -0.3 is 10.4 Å². The molecule has 0 aliphatic carbocycles. The second kappa shape index (κ2) is 6.37. The van der Waals surface area contributed by atoms with Crippen LogP contribution >= 0.6 is 11.6 Å². The van der Waals surface area contributed by atoms with E-state index in [-0.39, 0.29) is 12.5 Å². The molecule has 2 N–H and O–H groups in total. The molecular formula is C10H13ClN2O2. The number of unbranched alkanes of at least 4 members (excludes halogenated alkanes) is 1. The van der Waals surface area contributed by atoms with Gasteiger partial charge in [-0.3, -0.25) is 9.78 Å². The molecule has 0 saturated heterocycles. The van der Waals surface area contributed by atoms with Crippen molar-refractivity contribution in [3.63, 3.8) is 0 Å². The van der Waals surface area contributed by atoms with Crippen molar-refractivity contribution < 1.29 is 9.90 Å². The maximum Gasteiger partial charge on any atom is 0.269 e. The molecule has 0 atom stereocenters. The van der Waals surface area contributed by atoms with Gasteiger partial charge in [0, 0.05) is 24.4 Å². The Bertz CT molecular complexity index is 331. The summed E-state index contributed by atoms with van der Waals surface area (Å²) in [5, 5.41) is 11.7. The zero-order chi connectivity index (χ0) is 11.1. The van der Waals surface area contributed by atoms with Gasteiger partial charge in [0.1, 0.15) is 5.69 Å². The molecule has 0 aliphatic rings. The molecule has 0 saturated carbocycles. The Hall–Kier alpha value is -1.13. The lowest BCUT2D eigenvalue weighted by Gasteiger charge is -2.03. The third kappa shape index (κ3) is 4.27. The number of carbonyl (C=O) groups excluding carboxylic acids is 1. The van der Waals surface area contributed by atoms with E-state index in [0.29, 0.717) is 23.7 Å². The van der Waals surface area contributed by atoms with Crippen LogP contribution in [-0.4, -0.2) is 29.1 Å². The zero-order valence-electron chi connectivity index (χ0n) is 8.24. The fourth-order valence-electron chi connectivity index (χ4n) is 1.06. The summed E-state index contributed by atoms with van der Waals surface area (Å²) < 4.78 is 0. The number of aliphatic hydroxyl groups excluding tert-OH is 1. The number of rotatable bonds is 5. The molecule has 0 bridgehead atoms. The minimum atomic E-state index is -0.240. The van der Waals surface area contributed by atoms with Crippen LogP contribution in [0.2, 0.25) is 5.02 Å². The van der Waals surface area contributed by atoms with Crippen LogP contribution in [0.5, 0.6) is 0 Å². The molecule has 0 aromatic carbocycles. The van der Waals surface area contributed by atoms with Gasteiger partial charge in [0.2, 0.25) is 0 Å². The van der Waals surface area contributed by atoms with Gasteiger partial charge in [-0.15, -0.1) is 0 Å². The molecule has 1 aromatic rings. The van der Waals surface area contributed by atoms with Crippen molar-refractivity contribution >= 4 is 17.5 Å². The second-order valence-corrected chi connectivity index (χ2v) is 3.48. The van der Waals surface area contributed by atoms with Crippen LogP contribution in [0.4, 0.5) is 0 Å². The Labute approximate surface area is 93.3 Å². The van der Waals surface area contributed by atoms with E-state index in [9.17, 15) is 4.79 Å². The number of pyridine rings is 1. The molecule has 15 heavy (non-hydrogen) atoms. The van der Waals surface area contributed by atoms with Crippen LogP contribution in [0, 0.1) is 0 Å². The number of nitrogens with zero attached hydrogens (tertiary/aromatic N) is 1. The number of aromatic nitrogens is 1. The molecule has 0 fully saturated rings. The molecule has 0 radical (unpaired) electrons. The third-order valence-electron chi connectivity index (χ3n) is 1.83. The van der Waals surface area contributed by atoms with Crippen molar-refractivity contribution in [3.05, 3.63) is 29.0 Å². The van der Waals surface area contributed by atoms with Crippen molar-refractivity contribution in [1.82, 2.24) is 10.3 Å². The van der Waals surface area contributed by atoms with E-state index in [1.165, 1.54) is 12.3 Å². The average Bonchev–Trinajstić information content (AvgIpc) is 2.24. The minimum absolute atomic E-state index is 0.144. The second-order valence-electron chi connectivity index (χ2n) is 3.05. The SMILES string of the molecule is O=C(NCCCCO)c1cc(Cl)ccn1. The summed E-state index contributed by atoms with van der Waals surface area (Å²) in [5.41, 5.74) is 0.312. The Morgan fingerprint density at radius 2 is 2.33 bits per heavy atom. The first-order valence-corrected chi connectivity index (χ1v) is 5.12. The maximum absolute atomic E-state index is 11.5. The fraction of sp³-hybridized carbons (Fsp3) is 0.400. The van der Waals surface area contributed by atoms with E-state index in [4.69, 9.17) is 16.7 Å². The van der Waals surface area contributed by atoms with Gasteiger partial charge in [0.15, 0.2) is 0 Å². The van der Waals surface area contributed by atoms with Gasteiger partial charge in [-0.1, -0.05) is 11.6 Å². The molecule has 1 amide bonds. The average molecular weight is 229 g/mol. The van der Waals surface area contributed by atoms with Gasteiger partial charge in [0.25, 0.3) is 5.91 Å². The summed E-state index contributed by atoms with van der Waals surface area (Å²) in [6.07, 6.45) is 2.93. The van der Waals surface area contributed by atoms with E-state index in [0.717, 1.165) is 6.42 Å². The lowest BCUT2D eigenvalue weighted by molar-refractivity contribution is 0.0947. The smallest absolute Gasteiger partial charge is 0.269 e. The predicted molar refractivity (Wildman–Crippen MR) is 57.9 cm³/mol. The Morgan fingerprint density at radius 1 is 1.53 bits per heavy atom. The quantitative estimate of drug-likeness (QED) is 0.746. The van der Waals surface area contributed by atoms with E-state index in [1.54, 1.807) is 6.07 Å². The maximum atomic E-state index is 11.5. The molecule has 4 nitrogen and oxygen atoms in total. The van der Waals surface area contributed by atoms with E-state index in [1.807, 2.05) is 0 Å². The first kappa shape index (κ1) is 11.9. The van der Waals surface area contributed by atoms with Crippen LogP contribution in [0.3, 0.4) is 0 Å². The molecule has 82 valence electrons. The van der Waals surface area contributed by atoms with Gasteiger partial charge in [-0.05, 0) is 25.0 Å². The van der Waals surface area contributed by atoms with E-state index < -0.39 is 0 Å². The van der Waals surface area contributed by atoms with Crippen molar-refractivity contribution in [2.24, 2.45) is 0 Å². The highest BCUT2D eigenvalue weighted by molar-refractivity contribution is 6.30. The summed E-state index contributed by atoms with van der Waals surface area (Å²) in [7, 11) is 0. The number of hydrogen-bond acceptors (Lipinski definition) is 3. The lowest BCUT2D eigenvalue weighted by atomic mass is 10.3. The van der Waals surface area contributed by atoms with E-state index >= 15 is 0 Å². The normalized spacial score (nSPS) is 10.0. The molecule has 5 heteroatoms. The Balaban J connectivity index is 2.40. The lowest BCUT2D eigenvalue weighted by Crippen LogP contribution is -2.25. The minimum Gasteiger partial charge on any atom is -0.396 e. The number of amides is 1. The summed E-state index contributed by atoms with van der Waals surface area (Å²) in [4.78, 5) is 15.4. The molecular weight excluding hydrogens is 216 g/mol. The topological polar surface area (TPSA) is 62.2 Å². The summed E-state index contributed by atoms with van der Waals surface area (Å²) in [6, 6.07) is 3.13. The zero-order valence-corrected chi connectivity index (χ0v) is 9.00. The van der Waals surface area contributed by atoms with Crippen LogP contribution in [0.15, 0.2) is 18.3 Å². The Kier molecular flexibility index (Phi) is 5.07. The molecule has 0 aliphatic heterocycles. The number of hydrogen-bond donors (Lipinski definition) is 2. The molecule has 0 unspecified atom stereocenters. The van der Waals surface area contributed by atoms with Crippen molar-refractivity contribution in [2.45, 2.75) is 12.8 Å². The monoisotopic (exact) mass is 228 g/mol. The van der Waals surface area contributed by atoms with Crippen LogP contribution in [-0.2, 0) is 0 Å². The highest BCUT2D eigenvalue weighted by atomic mass is 35.5. The van der Waals surface area contributed by atoms with Gasteiger partial charge in [0.05, 0.1) is 0 Å². The van der Waals surface area contributed by atoms with Crippen LogP contribution in [0.25, 0.3) is 0 Å². The number of aliphatic hydroxyl groups is 1. The number of carbonyl (C=O) groups is 1. The first-order valence-electron chi connectivity index (χ1n) is 4.74. The van der Waals surface area contributed by atoms with E-state index in [2.05, 4.69) is 10.3 Å². The fourth-order valence-corrected chi connectivity index (χ4v) is 1.22. The Morgan fingerprint density at radius 3 is 3.00 bits per heavy atom. The summed E-state index contributed by atoms with van der Waals surface area (Å²) in [5.74, 6) is -0.240. The molecule has 1 heterocycles. The highest BCUT2D eigenvalue weighted by Gasteiger charge is 2.05. The molecule has 0 spiro atoms. The first-order chi connectivity index (χ1) is 7.24. The van der Waals surface area contributed by atoms with Gasteiger partial charge in [-0.25, -0.2) is 0 Å². The number of nitrogens with one attached hydrogen (secondary N) is 1. The standard InChI is InChI=1S/C10H13ClN2O2/c11-8-3-5-12-9(7-8)10(15)13-4-1-2-6-14/h3,5,7,14H,1-2,4,6H2,(H,13,15). The van der Waals surface area contributed by atoms with Gasteiger partial charge >= 0.3 is 0 Å². The predicted octanol–water partition coefficient (Wildman–Crippen LogP) is 1.24. The van der Waals surface area contributed by atoms with Crippen molar-refractivity contribution in [2.75, 3.05) is 13.2 Å². The van der Waals surface area contributed by atoms with Crippen LogP contribution in [0.1, 0.15) is 23.3 Å². The highest BCUT2D eigenvalue weighted by Crippen LogP contribution is 2.07. The largest absolute Gasteiger partial charge is 0.396 e.